The molecule has 0 saturated carbocycles. The number of hydrogen-bond acceptors (Lipinski definition) is 2. The second kappa shape index (κ2) is 3.78. The molecule has 0 spiro atoms. The molecule has 0 radical (unpaired) electrons. The van der Waals surface area contributed by atoms with Crippen LogP contribution in [-0.2, 0) is 0 Å². The number of amides is 1. The van der Waals surface area contributed by atoms with Crippen LogP contribution in [0.2, 0.25) is 0 Å². The first-order chi connectivity index (χ1) is 8.19. The maximum Gasteiger partial charge on any atom is 0.407 e. The Morgan fingerprint density at radius 2 is 2.29 bits per heavy atom. The van der Waals surface area contributed by atoms with Gasteiger partial charge >= 0.3 is 6.09 Å². The van der Waals surface area contributed by atoms with Gasteiger partial charge in [0.2, 0.25) is 0 Å². The Balaban J connectivity index is 1.69. The molecule has 2 heterocycles. The van der Waals surface area contributed by atoms with E-state index in [4.69, 9.17) is 11.5 Å². The monoisotopic (exact) mass is 232 g/mol. The SMILES string of the molecule is C#CC1=CC(N2C[C@@H]3C[C@H]2CN3C(=O)O)CC1. The fourth-order valence-corrected chi connectivity index (χ4v) is 3.42. The fourth-order valence-electron chi connectivity index (χ4n) is 3.42. The Bertz CT molecular complexity index is 424. The lowest BCUT2D eigenvalue weighted by Crippen LogP contribution is -2.50. The van der Waals surface area contributed by atoms with Crippen LogP contribution in [0.1, 0.15) is 19.3 Å². The molecule has 3 aliphatic rings. The van der Waals surface area contributed by atoms with Gasteiger partial charge in [-0.2, -0.15) is 0 Å². The number of allylic oxidation sites excluding steroid dienone is 1. The lowest BCUT2D eigenvalue weighted by Gasteiger charge is -2.35. The highest BCUT2D eigenvalue weighted by atomic mass is 16.4. The van der Waals surface area contributed by atoms with Gasteiger partial charge in [0.05, 0.1) is 0 Å². The predicted octanol–water partition coefficient (Wildman–Crippen LogP) is 1.14. The Hall–Kier alpha value is -1.47. The lowest BCUT2D eigenvalue weighted by molar-refractivity contribution is 0.0919. The van der Waals surface area contributed by atoms with Gasteiger partial charge in [0.15, 0.2) is 0 Å². The molecule has 90 valence electrons. The van der Waals surface area contributed by atoms with Crippen LogP contribution in [0.3, 0.4) is 0 Å². The van der Waals surface area contributed by atoms with Crippen LogP contribution in [0, 0.1) is 12.3 Å². The fraction of sp³-hybridized carbons (Fsp3) is 0.615. The second-order valence-electron chi connectivity index (χ2n) is 5.12. The van der Waals surface area contributed by atoms with Crippen molar-refractivity contribution in [1.29, 1.82) is 0 Å². The number of fused-ring (bicyclic) bond motifs is 2. The minimum atomic E-state index is -0.775. The summed E-state index contributed by atoms with van der Waals surface area (Å²) in [5, 5.41) is 9.04. The summed E-state index contributed by atoms with van der Waals surface area (Å²) in [6, 6.07) is 1.03. The van der Waals surface area contributed by atoms with Crippen molar-refractivity contribution in [2.24, 2.45) is 0 Å². The van der Waals surface area contributed by atoms with Gasteiger partial charge in [0, 0.05) is 31.2 Å². The average molecular weight is 232 g/mol. The molecule has 2 fully saturated rings. The summed E-state index contributed by atoms with van der Waals surface area (Å²) >= 11 is 0. The minimum absolute atomic E-state index is 0.195. The number of hydrogen-bond donors (Lipinski definition) is 1. The van der Waals surface area contributed by atoms with Crippen LogP contribution in [0.25, 0.3) is 0 Å². The van der Waals surface area contributed by atoms with Crippen LogP contribution < -0.4 is 0 Å². The normalized spacial score (nSPS) is 36.1. The number of terminal acetylenes is 1. The smallest absolute Gasteiger partial charge is 0.407 e. The molecule has 2 bridgehead atoms. The summed E-state index contributed by atoms with van der Waals surface area (Å²) in [5.41, 5.74) is 1.10. The molecular weight excluding hydrogens is 216 g/mol. The molecule has 1 N–H and O–H groups in total. The van der Waals surface area contributed by atoms with Gasteiger partial charge in [-0.25, -0.2) is 4.79 Å². The van der Waals surface area contributed by atoms with Crippen LogP contribution >= 0.6 is 0 Å². The van der Waals surface area contributed by atoms with E-state index in [0.717, 1.165) is 31.4 Å². The number of likely N-dealkylation sites (tertiary alicyclic amines) is 2. The largest absolute Gasteiger partial charge is 0.465 e. The van der Waals surface area contributed by atoms with E-state index in [1.165, 1.54) is 0 Å². The minimum Gasteiger partial charge on any atom is -0.465 e. The topological polar surface area (TPSA) is 43.8 Å². The third kappa shape index (κ3) is 1.62. The molecule has 1 amide bonds. The van der Waals surface area contributed by atoms with E-state index in [9.17, 15) is 4.79 Å². The maximum absolute atomic E-state index is 11.0. The van der Waals surface area contributed by atoms with Crippen molar-refractivity contribution >= 4 is 6.09 Å². The van der Waals surface area contributed by atoms with E-state index in [-0.39, 0.29) is 6.04 Å². The van der Waals surface area contributed by atoms with Crippen molar-refractivity contribution in [2.45, 2.75) is 37.4 Å². The predicted molar refractivity (Wildman–Crippen MR) is 63.6 cm³/mol. The molecule has 3 atom stereocenters. The molecule has 17 heavy (non-hydrogen) atoms. The average Bonchev–Trinajstić information content (AvgIpc) is 3.02. The Kier molecular flexibility index (Phi) is 2.37. The molecular formula is C13H16N2O2. The van der Waals surface area contributed by atoms with Gasteiger partial charge in [0.25, 0.3) is 0 Å². The summed E-state index contributed by atoms with van der Waals surface area (Å²) in [4.78, 5) is 15.0. The zero-order valence-corrected chi connectivity index (χ0v) is 9.67. The molecule has 1 unspecified atom stereocenters. The standard InChI is InChI=1S/C13H16N2O2/c1-2-9-3-4-10(5-9)14-7-12-6-11(14)8-15(12)13(16)17/h1,5,10-12H,3-4,6-8H2,(H,16,17)/t10?,11-,12-/m0/s1. The molecule has 0 aromatic carbocycles. The van der Waals surface area contributed by atoms with Crippen molar-refractivity contribution in [1.82, 2.24) is 9.80 Å². The number of carboxylic acid groups (broad SMARTS) is 1. The number of piperazine rings is 1. The third-order valence-corrected chi connectivity index (χ3v) is 4.24. The number of carbonyl (C=O) groups is 1. The lowest BCUT2D eigenvalue weighted by atomic mass is 10.2. The van der Waals surface area contributed by atoms with E-state index in [2.05, 4.69) is 16.9 Å². The quantitative estimate of drug-likeness (QED) is 0.690. The Morgan fingerprint density at radius 1 is 1.47 bits per heavy atom. The molecule has 0 aromatic heterocycles. The van der Waals surface area contributed by atoms with Gasteiger partial charge in [-0.05, 0) is 24.8 Å². The first kappa shape index (κ1) is 10.7. The molecule has 2 saturated heterocycles. The maximum atomic E-state index is 11.0. The molecule has 2 aliphatic heterocycles. The summed E-state index contributed by atoms with van der Waals surface area (Å²) in [7, 11) is 0. The van der Waals surface area contributed by atoms with Crippen LogP contribution in [0.5, 0.6) is 0 Å². The molecule has 4 nitrogen and oxygen atoms in total. The summed E-state index contributed by atoms with van der Waals surface area (Å²) in [5.74, 6) is 2.72. The van der Waals surface area contributed by atoms with E-state index in [1.807, 2.05) is 0 Å². The molecule has 3 rings (SSSR count). The van der Waals surface area contributed by atoms with Crippen molar-refractivity contribution in [3.05, 3.63) is 11.6 Å². The second-order valence-corrected chi connectivity index (χ2v) is 5.12. The zero-order chi connectivity index (χ0) is 12.0. The molecule has 4 heteroatoms. The zero-order valence-electron chi connectivity index (χ0n) is 9.67. The summed E-state index contributed by atoms with van der Waals surface area (Å²) in [6.45, 7) is 1.53. The van der Waals surface area contributed by atoms with Crippen molar-refractivity contribution in [3.8, 4) is 12.3 Å². The Morgan fingerprint density at radius 3 is 2.82 bits per heavy atom. The summed E-state index contributed by atoms with van der Waals surface area (Å²) < 4.78 is 0. The Labute approximate surface area is 101 Å². The van der Waals surface area contributed by atoms with E-state index in [1.54, 1.807) is 4.90 Å². The van der Waals surface area contributed by atoms with Gasteiger partial charge < -0.3 is 10.0 Å². The van der Waals surface area contributed by atoms with E-state index < -0.39 is 6.09 Å². The number of nitrogens with zero attached hydrogens (tertiary/aromatic N) is 2. The highest BCUT2D eigenvalue weighted by Crippen LogP contribution is 2.35. The van der Waals surface area contributed by atoms with E-state index in [0.29, 0.717) is 18.6 Å². The van der Waals surface area contributed by atoms with Gasteiger partial charge in [0.1, 0.15) is 0 Å². The van der Waals surface area contributed by atoms with Crippen molar-refractivity contribution in [3.63, 3.8) is 0 Å². The molecule has 1 aliphatic carbocycles. The van der Waals surface area contributed by atoms with Crippen molar-refractivity contribution < 1.29 is 9.90 Å². The van der Waals surface area contributed by atoms with Gasteiger partial charge in [-0.15, -0.1) is 6.42 Å². The first-order valence-corrected chi connectivity index (χ1v) is 6.11. The van der Waals surface area contributed by atoms with Gasteiger partial charge in [-0.1, -0.05) is 12.0 Å². The summed E-state index contributed by atoms with van der Waals surface area (Å²) in [6.07, 6.45) is 9.90. The number of rotatable bonds is 1. The van der Waals surface area contributed by atoms with Crippen LogP contribution in [-0.4, -0.2) is 52.2 Å². The van der Waals surface area contributed by atoms with Gasteiger partial charge in [-0.3, -0.25) is 4.90 Å². The first-order valence-electron chi connectivity index (χ1n) is 6.11. The van der Waals surface area contributed by atoms with Crippen LogP contribution in [0.15, 0.2) is 11.6 Å². The molecule has 0 aromatic rings. The van der Waals surface area contributed by atoms with Crippen LogP contribution in [0.4, 0.5) is 4.79 Å². The van der Waals surface area contributed by atoms with E-state index >= 15 is 0 Å². The van der Waals surface area contributed by atoms with Crippen molar-refractivity contribution in [2.75, 3.05) is 13.1 Å². The third-order valence-electron chi connectivity index (χ3n) is 4.24. The highest BCUT2D eigenvalue weighted by Gasteiger charge is 2.47. The highest BCUT2D eigenvalue weighted by molar-refractivity contribution is 5.66.